The van der Waals surface area contributed by atoms with Gasteiger partial charge >= 0.3 is 0 Å². The summed E-state index contributed by atoms with van der Waals surface area (Å²) in [5, 5.41) is 19.4. The van der Waals surface area contributed by atoms with Crippen molar-refractivity contribution < 1.29 is 23.4 Å². The Kier molecular flexibility index (Phi) is 4.79. The van der Waals surface area contributed by atoms with Gasteiger partial charge < -0.3 is 4.98 Å². The number of fused-ring (bicyclic) bond motifs is 3. The lowest BCUT2D eigenvalue weighted by atomic mass is 10.0. The van der Waals surface area contributed by atoms with Crippen LogP contribution in [0.15, 0.2) is 18.2 Å². The van der Waals surface area contributed by atoms with Crippen molar-refractivity contribution in [3.05, 3.63) is 29.5 Å². The van der Waals surface area contributed by atoms with Gasteiger partial charge in [-0.3, -0.25) is 19.9 Å². The van der Waals surface area contributed by atoms with Crippen LogP contribution in [0, 0.1) is 0 Å². The van der Waals surface area contributed by atoms with Gasteiger partial charge in [-0.2, -0.15) is 8.42 Å². The summed E-state index contributed by atoms with van der Waals surface area (Å²) in [5.41, 5.74) is 3.56. The summed E-state index contributed by atoms with van der Waals surface area (Å²) in [6, 6.07) is 5.18. The Balaban J connectivity index is 1.67. The van der Waals surface area contributed by atoms with Crippen molar-refractivity contribution in [2.24, 2.45) is 0 Å². The molecule has 1 aromatic carbocycles. The lowest BCUT2D eigenvalue weighted by Crippen LogP contribution is -2.31. The minimum atomic E-state index is -3.87. The first-order chi connectivity index (χ1) is 11.3. The third kappa shape index (κ3) is 3.87. The van der Waals surface area contributed by atoms with Crippen molar-refractivity contribution in [3.63, 3.8) is 0 Å². The standard InChI is InChI=1S/C15H21N3O5S/c19-18(20)11-3-4-14-13(9-11)12-5-7-17(10-15(12)16-14)6-1-2-8-24(21,22)23/h3-4,9,16,19-20H,1-2,5-8,10H2,(H,21,22,23). The highest BCUT2D eigenvalue weighted by Crippen LogP contribution is 2.30. The number of benzene rings is 1. The molecule has 8 nitrogen and oxygen atoms in total. The number of nitrogens with zero attached hydrogens (tertiary/aromatic N) is 2. The van der Waals surface area contributed by atoms with E-state index in [0.29, 0.717) is 18.5 Å². The minimum Gasteiger partial charge on any atom is -0.357 e. The molecule has 1 aliphatic heterocycles. The van der Waals surface area contributed by atoms with Gasteiger partial charge in [-0.1, -0.05) is 0 Å². The molecule has 0 radical (unpaired) electrons. The average Bonchev–Trinajstić information content (AvgIpc) is 2.87. The lowest BCUT2D eigenvalue weighted by molar-refractivity contribution is 0.0292. The average molecular weight is 355 g/mol. The van der Waals surface area contributed by atoms with Crippen LogP contribution in [0.3, 0.4) is 0 Å². The Morgan fingerprint density at radius 1 is 1.25 bits per heavy atom. The Morgan fingerprint density at radius 3 is 2.75 bits per heavy atom. The van der Waals surface area contributed by atoms with E-state index in [2.05, 4.69) is 9.88 Å². The van der Waals surface area contributed by atoms with Crippen molar-refractivity contribution in [2.75, 3.05) is 24.1 Å². The molecular weight excluding hydrogens is 334 g/mol. The first-order valence-corrected chi connectivity index (χ1v) is 9.43. The molecule has 2 heterocycles. The maximum absolute atomic E-state index is 10.7. The molecular formula is C15H21N3O5S. The number of aromatic nitrogens is 1. The quantitative estimate of drug-likeness (QED) is 0.354. The fourth-order valence-corrected chi connectivity index (χ4v) is 3.79. The smallest absolute Gasteiger partial charge is 0.264 e. The molecule has 0 amide bonds. The highest BCUT2D eigenvalue weighted by atomic mass is 32.2. The van der Waals surface area contributed by atoms with Gasteiger partial charge in [-0.15, -0.1) is 5.23 Å². The molecule has 0 atom stereocenters. The zero-order chi connectivity index (χ0) is 17.3. The van der Waals surface area contributed by atoms with Crippen LogP contribution in [-0.2, 0) is 23.1 Å². The lowest BCUT2D eigenvalue weighted by Gasteiger charge is -2.26. The van der Waals surface area contributed by atoms with Crippen molar-refractivity contribution >= 4 is 26.7 Å². The van der Waals surface area contributed by atoms with E-state index in [4.69, 9.17) is 15.0 Å². The van der Waals surface area contributed by atoms with E-state index in [1.165, 1.54) is 5.56 Å². The Bertz CT molecular complexity index is 831. The highest BCUT2D eigenvalue weighted by molar-refractivity contribution is 7.85. The molecule has 0 fully saturated rings. The second kappa shape index (κ2) is 6.69. The maximum Gasteiger partial charge on any atom is 0.264 e. The molecule has 0 spiro atoms. The molecule has 0 unspecified atom stereocenters. The Morgan fingerprint density at radius 2 is 2.04 bits per heavy atom. The first kappa shape index (κ1) is 17.2. The van der Waals surface area contributed by atoms with E-state index in [0.717, 1.165) is 42.7 Å². The fourth-order valence-electron chi connectivity index (χ4n) is 3.22. The number of unbranched alkanes of at least 4 members (excludes halogenated alkanes) is 1. The van der Waals surface area contributed by atoms with E-state index in [-0.39, 0.29) is 11.0 Å². The molecule has 0 aliphatic carbocycles. The van der Waals surface area contributed by atoms with Crippen molar-refractivity contribution in [2.45, 2.75) is 25.8 Å². The van der Waals surface area contributed by atoms with Gasteiger partial charge in [-0.25, -0.2) is 0 Å². The third-order valence-electron chi connectivity index (χ3n) is 4.40. The summed E-state index contributed by atoms with van der Waals surface area (Å²) in [4.78, 5) is 5.61. The molecule has 0 bridgehead atoms. The van der Waals surface area contributed by atoms with E-state index >= 15 is 0 Å². The number of nitrogens with one attached hydrogen (secondary N) is 1. The molecule has 3 rings (SSSR count). The maximum atomic E-state index is 10.7. The number of aromatic amines is 1. The molecule has 1 aliphatic rings. The normalized spacial score (nSPS) is 15.6. The van der Waals surface area contributed by atoms with E-state index in [9.17, 15) is 8.42 Å². The van der Waals surface area contributed by atoms with Crippen LogP contribution in [0.5, 0.6) is 0 Å². The van der Waals surface area contributed by atoms with Gasteiger partial charge in [0.05, 0.1) is 11.4 Å². The molecule has 2 aromatic rings. The summed E-state index contributed by atoms with van der Waals surface area (Å²) in [6.45, 7) is 2.38. The molecule has 24 heavy (non-hydrogen) atoms. The van der Waals surface area contributed by atoms with Crippen LogP contribution in [0.1, 0.15) is 24.1 Å². The number of anilines is 1. The Hall–Kier alpha value is -1.65. The fraction of sp³-hybridized carbons (Fsp3) is 0.467. The highest BCUT2D eigenvalue weighted by Gasteiger charge is 2.21. The Labute approximate surface area is 140 Å². The van der Waals surface area contributed by atoms with E-state index in [1.807, 2.05) is 6.07 Å². The summed E-state index contributed by atoms with van der Waals surface area (Å²) in [7, 11) is -3.87. The molecule has 1 aromatic heterocycles. The number of hydrogen-bond donors (Lipinski definition) is 4. The zero-order valence-corrected chi connectivity index (χ0v) is 14.0. The van der Waals surface area contributed by atoms with Crippen LogP contribution in [-0.4, -0.2) is 52.1 Å². The van der Waals surface area contributed by atoms with E-state index < -0.39 is 10.1 Å². The topological polar surface area (TPSA) is 117 Å². The molecule has 132 valence electrons. The predicted octanol–water partition coefficient (Wildman–Crippen LogP) is 1.78. The molecule has 9 heteroatoms. The van der Waals surface area contributed by atoms with Gasteiger partial charge in [0.2, 0.25) is 0 Å². The van der Waals surface area contributed by atoms with E-state index in [1.54, 1.807) is 12.1 Å². The monoisotopic (exact) mass is 355 g/mol. The largest absolute Gasteiger partial charge is 0.357 e. The summed E-state index contributed by atoms with van der Waals surface area (Å²) < 4.78 is 30.2. The SMILES string of the molecule is O=S(=O)(O)CCCCN1CCc2c([nH]c3ccc(N(O)O)cc23)C1. The van der Waals surface area contributed by atoms with Gasteiger partial charge in [-0.05, 0) is 49.6 Å². The molecule has 4 N–H and O–H groups in total. The van der Waals surface area contributed by atoms with Gasteiger partial charge in [0.1, 0.15) is 0 Å². The molecule has 0 saturated carbocycles. The zero-order valence-electron chi connectivity index (χ0n) is 13.1. The van der Waals surface area contributed by atoms with Crippen LogP contribution < -0.4 is 5.23 Å². The second-order valence-corrected chi connectivity index (χ2v) is 7.69. The van der Waals surface area contributed by atoms with Gasteiger partial charge in [0, 0.05) is 29.7 Å². The van der Waals surface area contributed by atoms with Crippen molar-refractivity contribution in [1.82, 2.24) is 9.88 Å². The third-order valence-corrected chi connectivity index (χ3v) is 5.20. The first-order valence-electron chi connectivity index (χ1n) is 7.82. The van der Waals surface area contributed by atoms with Gasteiger partial charge in [0.15, 0.2) is 0 Å². The summed E-state index contributed by atoms with van der Waals surface area (Å²) >= 11 is 0. The van der Waals surface area contributed by atoms with Crippen LogP contribution >= 0.6 is 0 Å². The van der Waals surface area contributed by atoms with Crippen molar-refractivity contribution in [3.8, 4) is 0 Å². The van der Waals surface area contributed by atoms with Gasteiger partial charge in [0.25, 0.3) is 10.1 Å². The van der Waals surface area contributed by atoms with Crippen LogP contribution in [0.25, 0.3) is 10.9 Å². The minimum absolute atomic E-state index is 0.114. The number of H-pyrrole nitrogens is 1. The molecule has 0 saturated heterocycles. The van der Waals surface area contributed by atoms with Crippen molar-refractivity contribution in [1.29, 1.82) is 0 Å². The summed E-state index contributed by atoms with van der Waals surface area (Å²) in [6.07, 6.45) is 2.00. The van der Waals surface area contributed by atoms with Crippen LogP contribution in [0.4, 0.5) is 5.69 Å². The predicted molar refractivity (Wildman–Crippen MR) is 89.0 cm³/mol. The summed E-state index contributed by atoms with van der Waals surface area (Å²) in [5.74, 6) is -0.194. The number of rotatable bonds is 6. The number of hydrogen-bond acceptors (Lipinski definition) is 6. The second-order valence-electron chi connectivity index (χ2n) is 6.12. The van der Waals surface area contributed by atoms with Crippen LogP contribution in [0.2, 0.25) is 0 Å².